The number of β-lactam (4-membered cyclic amide) rings is 1. The molecule has 0 saturated carbocycles. The summed E-state index contributed by atoms with van der Waals surface area (Å²) >= 11 is 0. The maximum atomic E-state index is 13.0. The molecule has 3 heterocycles. The number of benzene rings is 1. The van der Waals surface area contributed by atoms with Crippen molar-refractivity contribution < 1.29 is 32.2 Å². The fourth-order valence-electron chi connectivity index (χ4n) is 3.66. The average molecular weight is 448 g/mol. The van der Waals surface area contributed by atoms with Crippen LogP contribution in [0.1, 0.15) is 11.3 Å². The normalized spacial score (nSPS) is 22.0. The highest BCUT2D eigenvalue weighted by molar-refractivity contribution is 7.92. The molecule has 0 radical (unpaired) electrons. The first-order valence-electron chi connectivity index (χ1n) is 9.30. The number of fused-ring (bicyclic) bond motifs is 1. The van der Waals surface area contributed by atoms with E-state index in [1.165, 1.54) is 13.3 Å². The molecule has 11 nitrogen and oxygen atoms in total. The molecule has 2 aliphatic rings. The van der Waals surface area contributed by atoms with Gasteiger partial charge >= 0.3 is 5.97 Å². The van der Waals surface area contributed by atoms with Gasteiger partial charge in [0, 0.05) is 19.7 Å². The summed E-state index contributed by atoms with van der Waals surface area (Å²) < 4.78 is 41.1. The molecule has 31 heavy (non-hydrogen) atoms. The summed E-state index contributed by atoms with van der Waals surface area (Å²) in [5.41, 5.74) is 1.26. The highest BCUT2D eigenvalue weighted by Gasteiger charge is 2.60. The first kappa shape index (κ1) is 21.0. The van der Waals surface area contributed by atoms with E-state index in [1.807, 2.05) is 0 Å². The van der Waals surface area contributed by atoms with Crippen LogP contribution in [-0.4, -0.2) is 72.1 Å². The van der Waals surface area contributed by atoms with Gasteiger partial charge in [-0.05, 0) is 23.3 Å². The first-order chi connectivity index (χ1) is 14.9. The Labute approximate surface area is 177 Å². The van der Waals surface area contributed by atoms with E-state index in [0.717, 1.165) is 4.90 Å². The van der Waals surface area contributed by atoms with Crippen molar-refractivity contribution in [1.29, 1.82) is 0 Å². The predicted octanol–water partition coefficient (Wildman–Crippen LogP) is -0.0350. The first-order valence-corrected chi connectivity index (χ1v) is 11.0. The minimum absolute atomic E-state index is 0.0247. The number of H-pyrrole nitrogens is 1. The number of methoxy groups -OCH3 is 2. The van der Waals surface area contributed by atoms with Gasteiger partial charge in [-0.15, -0.1) is 5.10 Å². The number of sulfone groups is 1. The quantitative estimate of drug-likeness (QED) is 0.456. The van der Waals surface area contributed by atoms with Gasteiger partial charge in [-0.1, -0.05) is 17.3 Å². The van der Waals surface area contributed by atoms with Crippen LogP contribution in [0.4, 0.5) is 0 Å². The number of carbonyl (C=O) groups is 2. The van der Waals surface area contributed by atoms with Gasteiger partial charge in [0.15, 0.2) is 21.3 Å². The number of rotatable bonds is 7. The molecule has 164 valence electrons. The Kier molecular flexibility index (Phi) is 5.50. The Hall–Kier alpha value is -3.25. The SMILES string of the molecule is COc1ccc(COC(=O)C2=C(Cc3c[nH]nn3)CS(=O)(=O)[C@H]3[C@@H](OC)C(=O)N23)cc1. The van der Waals surface area contributed by atoms with E-state index in [9.17, 15) is 18.0 Å². The lowest BCUT2D eigenvalue weighted by molar-refractivity contribution is -0.164. The lowest BCUT2D eigenvalue weighted by Gasteiger charge is -2.48. The lowest BCUT2D eigenvalue weighted by Crippen LogP contribution is -2.70. The molecular formula is C19H20N4O7S. The van der Waals surface area contributed by atoms with Crippen LogP contribution in [0.2, 0.25) is 0 Å². The third-order valence-electron chi connectivity index (χ3n) is 5.15. The summed E-state index contributed by atoms with van der Waals surface area (Å²) in [5, 5.41) is 8.73. The number of esters is 1. The second-order valence-corrected chi connectivity index (χ2v) is 9.18. The van der Waals surface area contributed by atoms with Crippen LogP contribution in [0.3, 0.4) is 0 Å². The van der Waals surface area contributed by atoms with Crippen LogP contribution in [-0.2, 0) is 41.9 Å². The van der Waals surface area contributed by atoms with Gasteiger partial charge in [-0.3, -0.25) is 14.8 Å². The number of aromatic amines is 1. The number of hydrogen-bond acceptors (Lipinski definition) is 9. The summed E-state index contributed by atoms with van der Waals surface area (Å²) in [5.74, 6) is -1.16. The fraction of sp³-hybridized carbons (Fsp3) is 0.368. The summed E-state index contributed by atoms with van der Waals surface area (Å²) in [6, 6.07) is 6.93. The molecule has 0 aliphatic carbocycles. The van der Waals surface area contributed by atoms with Crippen molar-refractivity contribution in [3.63, 3.8) is 0 Å². The number of nitrogens with one attached hydrogen (secondary N) is 1. The van der Waals surface area contributed by atoms with Crippen LogP contribution in [0.5, 0.6) is 5.75 Å². The van der Waals surface area contributed by atoms with Crippen molar-refractivity contribution in [2.75, 3.05) is 20.0 Å². The summed E-state index contributed by atoms with van der Waals surface area (Å²) in [4.78, 5) is 26.5. The maximum Gasteiger partial charge on any atom is 0.355 e. The second kappa shape index (κ2) is 8.12. The minimum atomic E-state index is -3.77. The Morgan fingerprint density at radius 3 is 2.61 bits per heavy atom. The molecule has 0 spiro atoms. The molecule has 1 saturated heterocycles. The van der Waals surface area contributed by atoms with Gasteiger partial charge in [-0.2, -0.15) is 0 Å². The molecule has 1 aromatic heterocycles. The Bertz CT molecular complexity index is 1130. The summed E-state index contributed by atoms with van der Waals surface area (Å²) in [7, 11) is -0.969. The van der Waals surface area contributed by atoms with Crippen LogP contribution < -0.4 is 4.74 Å². The van der Waals surface area contributed by atoms with Gasteiger partial charge in [0.25, 0.3) is 5.91 Å². The smallest absolute Gasteiger partial charge is 0.355 e. The van der Waals surface area contributed by atoms with Crippen LogP contribution in [0.15, 0.2) is 41.7 Å². The average Bonchev–Trinajstić information content (AvgIpc) is 3.26. The van der Waals surface area contributed by atoms with E-state index in [1.54, 1.807) is 31.4 Å². The second-order valence-electron chi connectivity index (χ2n) is 7.08. The van der Waals surface area contributed by atoms with Crippen LogP contribution in [0, 0.1) is 0 Å². The van der Waals surface area contributed by atoms with Gasteiger partial charge in [-0.25, -0.2) is 13.2 Å². The van der Waals surface area contributed by atoms with E-state index in [0.29, 0.717) is 17.0 Å². The van der Waals surface area contributed by atoms with Crippen LogP contribution >= 0.6 is 0 Å². The van der Waals surface area contributed by atoms with Crippen molar-refractivity contribution in [3.05, 3.63) is 53.0 Å². The molecule has 12 heteroatoms. The van der Waals surface area contributed by atoms with Crippen molar-refractivity contribution in [3.8, 4) is 5.75 Å². The molecule has 1 fully saturated rings. The Morgan fingerprint density at radius 2 is 2.00 bits per heavy atom. The third kappa shape index (κ3) is 3.79. The number of ether oxygens (including phenoxy) is 3. The molecule has 0 bridgehead atoms. The molecule has 2 aromatic rings. The molecule has 0 unspecified atom stereocenters. The number of amides is 1. The fourth-order valence-corrected chi connectivity index (χ4v) is 5.68. The minimum Gasteiger partial charge on any atom is -0.497 e. The predicted molar refractivity (Wildman–Crippen MR) is 105 cm³/mol. The monoisotopic (exact) mass is 448 g/mol. The molecule has 1 amide bonds. The van der Waals surface area contributed by atoms with Crippen LogP contribution in [0.25, 0.3) is 0 Å². The van der Waals surface area contributed by atoms with E-state index < -0.39 is 38.9 Å². The number of aromatic nitrogens is 3. The zero-order chi connectivity index (χ0) is 22.2. The van der Waals surface area contributed by atoms with E-state index in [4.69, 9.17) is 14.2 Å². The maximum absolute atomic E-state index is 13.0. The van der Waals surface area contributed by atoms with Gasteiger partial charge in [0.05, 0.1) is 18.6 Å². The largest absolute Gasteiger partial charge is 0.497 e. The lowest BCUT2D eigenvalue weighted by atomic mass is 10.0. The van der Waals surface area contributed by atoms with Crippen molar-refractivity contribution >= 4 is 21.7 Å². The van der Waals surface area contributed by atoms with E-state index in [-0.39, 0.29) is 24.3 Å². The van der Waals surface area contributed by atoms with Gasteiger partial charge < -0.3 is 14.2 Å². The topological polar surface area (TPSA) is 141 Å². The van der Waals surface area contributed by atoms with Crippen molar-refractivity contribution in [1.82, 2.24) is 20.3 Å². The Morgan fingerprint density at radius 1 is 1.26 bits per heavy atom. The molecule has 2 atom stereocenters. The molecule has 4 rings (SSSR count). The van der Waals surface area contributed by atoms with E-state index >= 15 is 0 Å². The van der Waals surface area contributed by atoms with E-state index in [2.05, 4.69) is 15.4 Å². The molecule has 1 N–H and O–H groups in total. The van der Waals surface area contributed by atoms with Crippen molar-refractivity contribution in [2.45, 2.75) is 24.5 Å². The standard InChI is InChI=1S/C19H20N4O7S/c1-28-14-5-3-11(4-6-14)9-30-19(25)15-12(7-13-8-20-22-21-13)10-31(26,27)18-16(29-2)17(24)23(15)18/h3-6,8,16,18H,7,9-10H2,1-2H3,(H,20,21,22)/t16-,18-/m0/s1. The van der Waals surface area contributed by atoms with Crippen molar-refractivity contribution in [2.24, 2.45) is 0 Å². The zero-order valence-electron chi connectivity index (χ0n) is 16.8. The highest BCUT2D eigenvalue weighted by Crippen LogP contribution is 2.39. The number of hydrogen-bond donors (Lipinski definition) is 1. The zero-order valence-corrected chi connectivity index (χ0v) is 17.6. The third-order valence-corrected chi connectivity index (χ3v) is 7.10. The Balaban J connectivity index is 1.64. The number of carbonyl (C=O) groups excluding carboxylic acids is 2. The van der Waals surface area contributed by atoms with Gasteiger partial charge in [0.1, 0.15) is 18.1 Å². The van der Waals surface area contributed by atoms with Gasteiger partial charge in [0.2, 0.25) is 0 Å². The molecule has 2 aliphatic heterocycles. The highest BCUT2D eigenvalue weighted by atomic mass is 32.2. The summed E-state index contributed by atoms with van der Waals surface area (Å²) in [6.07, 6.45) is 0.363. The molecular weight excluding hydrogens is 428 g/mol. The molecule has 1 aromatic carbocycles. The summed E-state index contributed by atoms with van der Waals surface area (Å²) in [6.45, 7) is -0.0588. The number of nitrogens with zero attached hydrogens (tertiary/aromatic N) is 3.